The minimum atomic E-state index is -0.0564. The third kappa shape index (κ3) is 4.27. The van der Waals surface area contributed by atoms with Crippen LogP contribution in [0.15, 0.2) is 35.2 Å². The molecule has 7 nitrogen and oxygen atoms in total. The van der Waals surface area contributed by atoms with Gasteiger partial charge in [-0.05, 0) is 49.8 Å². The normalized spacial score (nSPS) is 17.8. The molecule has 0 unspecified atom stereocenters. The topological polar surface area (TPSA) is 70.5 Å². The van der Waals surface area contributed by atoms with E-state index in [1.165, 1.54) is 0 Å². The Labute approximate surface area is 175 Å². The number of rotatable bonds is 3. The van der Waals surface area contributed by atoms with E-state index < -0.39 is 0 Å². The van der Waals surface area contributed by atoms with Crippen LogP contribution in [0.3, 0.4) is 0 Å². The summed E-state index contributed by atoms with van der Waals surface area (Å²) in [5, 5.41) is 7.73. The maximum absolute atomic E-state index is 12.6. The summed E-state index contributed by atoms with van der Waals surface area (Å²) in [6.07, 6.45) is 4.66. The number of hydrogen-bond donors (Lipinski definition) is 1. The van der Waals surface area contributed by atoms with E-state index in [0.717, 1.165) is 48.6 Å². The monoisotopic (exact) mass is 413 g/mol. The van der Waals surface area contributed by atoms with Crippen molar-refractivity contribution in [2.75, 3.05) is 38.3 Å². The quantitative estimate of drug-likeness (QED) is 0.782. The van der Waals surface area contributed by atoms with Crippen LogP contribution in [0.2, 0.25) is 0 Å². The number of carbonyl (C=O) groups is 2. The summed E-state index contributed by atoms with van der Waals surface area (Å²) in [5.41, 5.74) is 2.50. The van der Waals surface area contributed by atoms with Crippen LogP contribution >= 0.6 is 11.8 Å². The Hall–Kier alpha value is -2.48. The highest BCUT2D eigenvalue weighted by Crippen LogP contribution is 2.29. The lowest BCUT2D eigenvalue weighted by Crippen LogP contribution is -2.40. The second-order valence-corrected chi connectivity index (χ2v) is 8.56. The summed E-state index contributed by atoms with van der Waals surface area (Å²) >= 11 is 1.66. The summed E-state index contributed by atoms with van der Waals surface area (Å²) in [6.45, 7) is 2.93. The number of anilines is 1. The first-order valence-electron chi connectivity index (χ1n) is 10.1. The number of urea groups is 1. The number of amides is 3. The van der Waals surface area contributed by atoms with Gasteiger partial charge in [0, 0.05) is 49.7 Å². The first-order chi connectivity index (χ1) is 14.0. The van der Waals surface area contributed by atoms with E-state index in [9.17, 15) is 9.59 Å². The number of benzene rings is 1. The lowest BCUT2D eigenvalue weighted by molar-refractivity contribution is 0.0796. The van der Waals surface area contributed by atoms with Crippen LogP contribution in [0.4, 0.5) is 10.5 Å². The van der Waals surface area contributed by atoms with Crippen LogP contribution in [0.5, 0.6) is 0 Å². The molecule has 2 aromatic rings. The zero-order valence-electron chi connectivity index (χ0n) is 16.9. The van der Waals surface area contributed by atoms with Crippen molar-refractivity contribution in [3.63, 3.8) is 0 Å². The summed E-state index contributed by atoms with van der Waals surface area (Å²) < 4.78 is 1.86. The Morgan fingerprint density at radius 1 is 1.17 bits per heavy atom. The fourth-order valence-corrected chi connectivity index (χ4v) is 4.47. The molecule has 1 saturated heterocycles. The maximum Gasteiger partial charge on any atom is 0.321 e. The Balaban J connectivity index is 1.37. The number of piperidine rings is 1. The molecule has 0 atom stereocenters. The molecule has 4 rings (SSSR count). The molecule has 3 amide bonds. The minimum absolute atomic E-state index is 0.0468. The van der Waals surface area contributed by atoms with Gasteiger partial charge in [-0.15, -0.1) is 11.8 Å². The van der Waals surface area contributed by atoms with E-state index in [2.05, 4.69) is 5.32 Å². The van der Waals surface area contributed by atoms with Crippen molar-refractivity contribution >= 4 is 29.4 Å². The fourth-order valence-electron chi connectivity index (χ4n) is 4.02. The molecule has 2 aliphatic heterocycles. The largest absolute Gasteiger partial charge is 0.340 e. The zero-order chi connectivity index (χ0) is 20.4. The number of hydrogen-bond acceptors (Lipinski definition) is 4. The van der Waals surface area contributed by atoms with Gasteiger partial charge < -0.3 is 15.1 Å². The third-order valence-electron chi connectivity index (χ3n) is 5.75. The summed E-state index contributed by atoms with van der Waals surface area (Å²) in [6, 6.07) is 9.78. The van der Waals surface area contributed by atoms with E-state index >= 15 is 0 Å². The van der Waals surface area contributed by atoms with Gasteiger partial charge in [0.15, 0.2) is 0 Å². The number of aromatic nitrogens is 2. The number of aryl methyl sites for hydroxylation is 1. The van der Waals surface area contributed by atoms with Gasteiger partial charge in [0.2, 0.25) is 0 Å². The molecular formula is C21H27N5O2S. The molecule has 2 aliphatic rings. The van der Waals surface area contributed by atoms with Crippen molar-refractivity contribution in [1.29, 1.82) is 0 Å². The number of carbonyl (C=O) groups excluding carboxylic acids is 2. The smallest absolute Gasteiger partial charge is 0.321 e. The van der Waals surface area contributed by atoms with Gasteiger partial charge in [0.1, 0.15) is 5.69 Å². The van der Waals surface area contributed by atoms with Gasteiger partial charge in [-0.2, -0.15) is 5.10 Å². The SMILES string of the molecule is CSc1cccc(NC(=O)N2CCC(c3cc4n(n3)CCCN(C)C4=O)CC2)c1. The van der Waals surface area contributed by atoms with Crippen molar-refractivity contribution in [3.05, 3.63) is 41.7 Å². The van der Waals surface area contributed by atoms with Gasteiger partial charge in [-0.25, -0.2) is 4.79 Å². The standard InChI is InChI=1S/C21H27N5O2S/c1-24-9-4-10-26-19(20(24)27)14-18(23-26)15-7-11-25(12-8-15)21(28)22-16-5-3-6-17(13-16)29-2/h3,5-6,13-15H,4,7-12H2,1-2H3,(H,22,28). The van der Waals surface area contributed by atoms with Gasteiger partial charge in [0.05, 0.1) is 5.69 Å². The lowest BCUT2D eigenvalue weighted by atomic mass is 9.93. The maximum atomic E-state index is 12.6. The average Bonchev–Trinajstić information content (AvgIpc) is 3.12. The number of nitrogens with zero attached hydrogens (tertiary/aromatic N) is 4. The van der Waals surface area contributed by atoms with Crippen LogP contribution in [0.25, 0.3) is 0 Å². The number of fused-ring (bicyclic) bond motifs is 1. The van der Waals surface area contributed by atoms with Crippen molar-refractivity contribution in [2.24, 2.45) is 0 Å². The molecule has 29 heavy (non-hydrogen) atoms. The molecule has 154 valence electrons. The van der Waals surface area contributed by atoms with E-state index in [1.807, 2.05) is 53.2 Å². The lowest BCUT2D eigenvalue weighted by Gasteiger charge is -2.31. The number of nitrogens with one attached hydrogen (secondary N) is 1. The molecule has 0 saturated carbocycles. The third-order valence-corrected chi connectivity index (χ3v) is 6.47. The molecule has 8 heteroatoms. The van der Waals surface area contributed by atoms with Gasteiger partial charge in [0.25, 0.3) is 5.91 Å². The van der Waals surface area contributed by atoms with Crippen LogP contribution in [-0.2, 0) is 6.54 Å². The van der Waals surface area contributed by atoms with Crippen LogP contribution in [-0.4, -0.2) is 64.5 Å². The molecule has 1 aromatic heterocycles. The molecule has 1 N–H and O–H groups in total. The average molecular weight is 414 g/mol. The van der Waals surface area contributed by atoms with E-state index in [1.54, 1.807) is 16.7 Å². The first-order valence-corrected chi connectivity index (χ1v) is 11.3. The van der Waals surface area contributed by atoms with E-state index in [-0.39, 0.29) is 17.9 Å². The highest BCUT2D eigenvalue weighted by molar-refractivity contribution is 7.98. The molecule has 0 radical (unpaired) electrons. The van der Waals surface area contributed by atoms with Crippen molar-refractivity contribution in [2.45, 2.75) is 36.6 Å². The Morgan fingerprint density at radius 2 is 1.97 bits per heavy atom. The summed E-state index contributed by atoms with van der Waals surface area (Å²) in [4.78, 5) is 29.9. The minimum Gasteiger partial charge on any atom is -0.340 e. The Morgan fingerprint density at radius 3 is 2.72 bits per heavy atom. The molecule has 1 aromatic carbocycles. The molecular weight excluding hydrogens is 386 g/mol. The van der Waals surface area contributed by atoms with Crippen molar-refractivity contribution in [3.8, 4) is 0 Å². The second kappa shape index (κ2) is 8.49. The number of likely N-dealkylation sites (tertiary alicyclic amines) is 1. The molecule has 0 bridgehead atoms. The van der Waals surface area contributed by atoms with Gasteiger partial charge >= 0.3 is 6.03 Å². The van der Waals surface area contributed by atoms with Gasteiger partial charge in [-0.1, -0.05) is 6.07 Å². The molecule has 0 aliphatic carbocycles. The second-order valence-electron chi connectivity index (χ2n) is 7.68. The Kier molecular flexibility index (Phi) is 5.80. The van der Waals surface area contributed by atoms with Gasteiger partial charge in [-0.3, -0.25) is 9.48 Å². The van der Waals surface area contributed by atoms with Crippen LogP contribution in [0, 0.1) is 0 Å². The Bertz CT molecular complexity index is 904. The van der Waals surface area contributed by atoms with E-state index in [0.29, 0.717) is 18.8 Å². The van der Waals surface area contributed by atoms with Crippen molar-refractivity contribution < 1.29 is 9.59 Å². The predicted octanol–water partition coefficient (Wildman–Crippen LogP) is 3.49. The fraction of sp³-hybridized carbons (Fsp3) is 0.476. The molecule has 3 heterocycles. The highest BCUT2D eigenvalue weighted by atomic mass is 32.2. The number of thioether (sulfide) groups is 1. The molecule has 0 spiro atoms. The predicted molar refractivity (Wildman–Crippen MR) is 115 cm³/mol. The van der Waals surface area contributed by atoms with Crippen LogP contribution < -0.4 is 5.32 Å². The summed E-state index contributed by atoms with van der Waals surface area (Å²) in [7, 11) is 1.84. The van der Waals surface area contributed by atoms with Crippen LogP contribution in [0.1, 0.15) is 41.4 Å². The molecule has 1 fully saturated rings. The first kappa shape index (κ1) is 19.8. The highest BCUT2D eigenvalue weighted by Gasteiger charge is 2.28. The zero-order valence-corrected chi connectivity index (χ0v) is 17.7. The summed E-state index contributed by atoms with van der Waals surface area (Å²) in [5.74, 6) is 0.335. The van der Waals surface area contributed by atoms with E-state index in [4.69, 9.17) is 5.10 Å². The van der Waals surface area contributed by atoms with Crippen molar-refractivity contribution in [1.82, 2.24) is 19.6 Å².